The van der Waals surface area contributed by atoms with Crippen LogP contribution in [0, 0.1) is 5.92 Å². The smallest absolute Gasteiger partial charge is 0.100 e. The van der Waals surface area contributed by atoms with Crippen molar-refractivity contribution in [1.82, 2.24) is 0 Å². The standard InChI is InChI=1S/C16H26O3/c1-11(2)7-8-13-15(3,19-13)14-12(17-4)6-5-9-16(14)10-18-16/h7,12-14H,5-6,8-10H2,1-4H3/t12-,13+,14?,15-,16+/m1/s1. The van der Waals surface area contributed by atoms with Gasteiger partial charge >= 0.3 is 0 Å². The summed E-state index contributed by atoms with van der Waals surface area (Å²) in [6.07, 6.45) is 7.45. The molecule has 1 aliphatic carbocycles. The van der Waals surface area contributed by atoms with Gasteiger partial charge in [-0.15, -0.1) is 0 Å². The minimum atomic E-state index is -0.0520. The van der Waals surface area contributed by atoms with Crippen molar-refractivity contribution < 1.29 is 14.2 Å². The van der Waals surface area contributed by atoms with E-state index in [9.17, 15) is 0 Å². The molecule has 0 radical (unpaired) electrons. The van der Waals surface area contributed by atoms with E-state index >= 15 is 0 Å². The maximum Gasteiger partial charge on any atom is 0.100 e. The Labute approximate surface area is 116 Å². The van der Waals surface area contributed by atoms with Crippen molar-refractivity contribution in [2.75, 3.05) is 13.7 Å². The van der Waals surface area contributed by atoms with Gasteiger partial charge < -0.3 is 14.2 Å². The molecule has 3 fully saturated rings. The molecular formula is C16H26O3. The lowest BCUT2D eigenvalue weighted by Gasteiger charge is -2.38. The molecule has 1 saturated carbocycles. The van der Waals surface area contributed by atoms with Gasteiger partial charge in [0.05, 0.1) is 24.4 Å². The van der Waals surface area contributed by atoms with E-state index in [0.717, 1.165) is 19.4 Å². The first-order chi connectivity index (χ1) is 9.02. The quantitative estimate of drug-likeness (QED) is 0.579. The summed E-state index contributed by atoms with van der Waals surface area (Å²) in [6, 6.07) is 0. The molecule has 1 spiro atoms. The predicted molar refractivity (Wildman–Crippen MR) is 74.1 cm³/mol. The molecule has 0 aromatic carbocycles. The van der Waals surface area contributed by atoms with Crippen molar-refractivity contribution in [2.24, 2.45) is 5.92 Å². The van der Waals surface area contributed by atoms with E-state index in [1.165, 1.54) is 18.4 Å². The van der Waals surface area contributed by atoms with Crippen molar-refractivity contribution in [3.63, 3.8) is 0 Å². The summed E-state index contributed by atoms with van der Waals surface area (Å²) in [5.41, 5.74) is 1.37. The molecule has 3 rings (SSSR count). The highest BCUT2D eigenvalue weighted by atomic mass is 16.6. The number of hydrogen-bond acceptors (Lipinski definition) is 3. The second kappa shape index (κ2) is 4.57. The van der Waals surface area contributed by atoms with Crippen molar-refractivity contribution in [3.8, 4) is 0 Å². The van der Waals surface area contributed by atoms with Crippen LogP contribution in [0.3, 0.4) is 0 Å². The summed E-state index contributed by atoms with van der Waals surface area (Å²) in [7, 11) is 1.83. The van der Waals surface area contributed by atoms with Crippen LogP contribution in [0.1, 0.15) is 46.5 Å². The van der Waals surface area contributed by atoms with Crippen molar-refractivity contribution in [2.45, 2.75) is 69.9 Å². The van der Waals surface area contributed by atoms with E-state index in [0.29, 0.717) is 12.0 Å². The lowest BCUT2D eigenvalue weighted by atomic mass is 9.69. The molecule has 19 heavy (non-hydrogen) atoms. The molecule has 0 amide bonds. The SMILES string of the molecule is CO[C@@H]1CCC[C@]2(CO2)C1[C@]1(C)O[C@H]1CC=C(C)C. The summed E-state index contributed by atoms with van der Waals surface area (Å²) in [5.74, 6) is 0.398. The van der Waals surface area contributed by atoms with Gasteiger partial charge in [0.15, 0.2) is 0 Å². The maximum absolute atomic E-state index is 6.10. The molecule has 0 aromatic heterocycles. The van der Waals surface area contributed by atoms with E-state index < -0.39 is 0 Å². The van der Waals surface area contributed by atoms with Gasteiger partial charge in [0.25, 0.3) is 0 Å². The molecule has 1 unspecified atom stereocenters. The molecule has 0 aromatic rings. The van der Waals surface area contributed by atoms with Gasteiger partial charge in [-0.25, -0.2) is 0 Å². The monoisotopic (exact) mass is 266 g/mol. The Morgan fingerprint density at radius 3 is 2.74 bits per heavy atom. The molecule has 0 bridgehead atoms. The third-order valence-corrected chi connectivity index (χ3v) is 5.18. The fourth-order valence-electron chi connectivity index (χ4n) is 4.00. The van der Waals surface area contributed by atoms with Gasteiger partial charge in [-0.05, 0) is 46.5 Å². The topological polar surface area (TPSA) is 34.3 Å². The summed E-state index contributed by atoms with van der Waals surface area (Å²) < 4.78 is 17.7. The molecule has 2 heterocycles. The summed E-state index contributed by atoms with van der Waals surface area (Å²) >= 11 is 0. The zero-order valence-electron chi connectivity index (χ0n) is 12.6. The number of hydrogen-bond donors (Lipinski definition) is 0. The zero-order valence-corrected chi connectivity index (χ0v) is 12.6. The maximum atomic E-state index is 6.10. The molecule has 2 saturated heterocycles. The van der Waals surface area contributed by atoms with Crippen molar-refractivity contribution >= 4 is 0 Å². The van der Waals surface area contributed by atoms with E-state index in [4.69, 9.17) is 14.2 Å². The van der Waals surface area contributed by atoms with Gasteiger partial charge in [0, 0.05) is 13.0 Å². The molecular weight excluding hydrogens is 240 g/mol. The Morgan fingerprint density at radius 2 is 2.16 bits per heavy atom. The van der Waals surface area contributed by atoms with E-state index in [2.05, 4.69) is 26.8 Å². The van der Waals surface area contributed by atoms with E-state index in [1.54, 1.807) is 0 Å². The predicted octanol–water partition coefficient (Wildman–Crippen LogP) is 3.08. The second-order valence-electron chi connectivity index (χ2n) is 6.81. The molecule has 3 aliphatic rings. The Hall–Kier alpha value is -0.380. The molecule has 108 valence electrons. The normalized spacial score (nSPS) is 48.1. The minimum absolute atomic E-state index is 0.0520. The van der Waals surface area contributed by atoms with Gasteiger partial charge in [-0.3, -0.25) is 0 Å². The number of ether oxygens (including phenoxy) is 3. The van der Waals surface area contributed by atoms with Crippen LogP contribution < -0.4 is 0 Å². The third-order valence-electron chi connectivity index (χ3n) is 5.18. The molecule has 0 N–H and O–H groups in total. The van der Waals surface area contributed by atoms with Gasteiger partial charge in [-0.2, -0.15) is 0 Å². The number of epoxide rings is 2. The Balaban J connectivity index is 1.74. The highest BCUT2D eigenvalue weighted by Crippen LogP contribution is 2.59. The van der Waals surface area contributed by atoms with Gasteiger partial charge in [-0.1, -0.05) is 11.6 Å². The minimum Gasteiger partial charge on any atom is -0.381 e. The van der Waals surface area contributed by atoms with E-state index in [-0.39, 0.29) is 17.3 Å². The van der Waals surface area contributed by atoms with Crippen molar-refractivity contribution in [1.29, 1.82) is 0 Å². The number of rotatable bonds is 4. The molecule has 3 heteroatoms. The Bertz CT molecular complexity index is 381. The summed E-state index contributed by atoms with van der Waals surface area (Å²) in [4.78, 5) is 0. The Kier molecular flexibility index (Phi) is 3.27. The van der Waals surface area contributed by atoms with Crippen molar-refractivity contribution in [3.05, 3.63) is 11.6 Å². The lowest BCUT2D eigenvalue weighted by Crippen LogP contribution is -2.48. The van der Waals surface area contributed by atoms with Crippen LogP contribution in [0.4, 0.5) is 0 Å². The highest BCUT2D eigenvalue weighted by molar-refractivity contribution is 5.19. The van der Waals surface area contributed by atoms with Gasteiger partial charge in [0.1, 0.15) is 5.60 Å². The number of allylic oxidation sites excluding steroid dienone is 1. The molecule has 2 aliphatic heterocycles. The summed E-state index contributed by atoms with van der Waals surface area (Å²) in [6.45, 7) is 7.43. The molecule has 3 nitrogen and oxygen atoms in total. The van der Waals surface area contributed by atoms with Crippen LogP contribution in [0.2, 0.25) is 0 Å². The first-order valence-electron chi connectivity index (χ1n) is 7.50. The van der Waals surface area contributed by atoms with Crippen LogP contribution in [-0.2, 0) is 14.2 Å². The fourth-order valence-corrected chi connectivity index (χ4v) is 4.00. The van der Waals surface area contributed by atoms with Crippen LogP contribution in [-0.4, -0.2) is 37.1 Å². The van der Waals surface area contributed by atoms with Gasteiger partial charge in [0.2, 0.25) is 0 Å². The Morgan fingerprint density at radius 1 is 1.42 bits per heavy atom. The second-order valence-corrected chi connectivity index (χ2v) is 6.81. The largest absolute Gasteiger partial charge is 0.381 e. The zero-order chi connectivity index (χ0) is 13.7. The fraction of sp³-hybridized carbons (Fsp3) is 0.875. The average molecular weight is 266 g/mol. The van der Waals surface area contributed by atoms with Crippen LogP contribution in [0.15, 0.2) is 11.6 Å². The van der Waals surface area contributed by atoms with Crippen LogP contribution in [0.25, 0.3) is 0 Å². The lowest BCUT2D eigenvalue weighted by molar-refractivity contribution is -0.0492. The first-order valence-corrected chi connectivity index (χ1v) is 7.50. The highest BCUT2D eigenvalue weighted by Gasteiger charge is 2.70. The van der Waals surface area contributed by atoms with E-state index in [1.807, 2.05) is 7.11 Å². The average Bonchev–Trinajstić information content (AvgIpc) is 3.26. The van der Waals surface area contributed by atoms with Crippen LogP contribution >= 0.6 is 0 Å². The first kappa shape index (κ1) is 13.6. The third kappa shape index (κ3) is 2.26. The van der Waals surface area contributed by atoms with Crippen LogP contribution in [0.5, 0.6) is 0 Å². The summed E-state index contributed by atoms with van der Waals surface area (Å²) in [5, 5.41) is 0. The number of methoxy groups -OCH3 is 1. The molecule has 5 atom stereocenters.